The van der Waals surface area contributed by atoms with Crippen LogP contribution in [-0.4, -0.2) is 69.7 Å². The van der Waals surface area contributed by atoms with Gasteiger partial charge in [-0.3, -0.25) is 9.48 Å². The highest BCUT2D eigenvalue weighted by Crippen LogP contribution is 2.30. The smallest absolute Gasteiger partial charge is 0.303 e. The second kappa shape index (κ2) is 10.4. The van der Waals surface area contributed by atoms with Crippen LogP contribution in [0.3, 0.4) is 0 Å². The van der Waals surface area contributed by atoms with Gasteiger partial charge in [-0.15, -0.1) is 0 Å². The number of hydrogen-bond acceptors (Lipinski definition) is 9. The van der Waals surface area contributed by atoms with Gasteiger partial charge in [0.1, 0.15) is 23.5 Å². The molecule has 4 aromatic rings. The van der Waals surface area contributed by atoms with Crippen molar-refractivity contribution < 1.29 is 26.5 Å². The van der Waals surface area contributed by atoms with Crippen molar-refractivity contribution in [3.05, 3.63) is 66.1 Å². The lowest BCUT2D eigenvalue weighted by molar-refractivity contribution is -0.120. The molecule has 2 aliphatic rings. The van der Waals surface area contributed by atoms with Crippen LogP contribution in [0.25, 0.3) is 22.9 Å². The Morgan fingerprint density at radius 2 is 1.82 bits per heavy atom. The van der Waals surface area contributed by atoms with Gasteiger partial charge in [0.2, 0.25) is 5.91 Å². The van der Waals surface area contributed by atoms with Crippen LogP contribution >= 0.6 is 0 Å². The number of nitrogens with zero attached hydrogens (tertiary/aromatic N) is 7. The molecular weight excluding hydrogens is 546 g/mol. The van der Waals surface area contributed by atoms with Gasteiger partial charge in [0.05, 0.1) is 18.4 Å². The minimum absolute atomic E-state index is 0.00398. The zero-order chi connectivity index (χ0) is 27.9. The molecule has 0 radical (unpaired) electrons. The van der Waals surface area contributed by atoms with E-state index in [2.05, 4.69) is 24.9 Å². The maximum absolute atomic E-state index is 14.9. The zero-order valence-electron chi connectivity index (χ0n) is 21.1. The predicted octanol–water partition coefficient (Wildman–Crippen LogP) is 2.21. The fourth-order valence-corrected chi connectivity index (χ4v) is 5.64. The largest absolute Gasteiger partial charge is 0.364 e. The Balaban J connectivity index is 1.24. The van der Waals surface area contributed by atoms with E-state index < -0.39 is 21.9 Å². The fourth-order valence-electron chi connectivity index (χ4n) is 4.45. The Morgan fingerprint density at radius 3 is 2.52 bits per heavy atom. The van der Waals surface area contributed by atoms with E-state index in [1.54, 1.807) is 35.2 Å². The van der Waals surface area contributed by atoms with Crippen LogP contribution in [0.5, 0.6) is 0 Å². The van der Waals surface area contributed by atoms with Crippen LogP contribution in [0.1, 0.15) is 18.4 Å². The fraction of sp³-hybridized carbons (Fsp3) is 0.320. The molecule has 2 fully saturated rings. The summed E-state index contributed by atoms with van der Waals surface area (Å²) in [6.45, 7) is 0.478. The Kier molecular flexibility index (Phi) is 6.75. The number of halogens is 2. The molecule has 3 aromatic heterocycles. The molecule has 1 amide bonds. The maximum atomic E-state index is 14.9. The number of benzene rings is 1. The monoisotopic (exact) mass is 570 g/mol. The average molecular weight is 571 g/mol. The van der Waals surface area contributed by atoms with Gasteiger partial charge in [-0.25, -0.2) is 23.5 Å². The molecule has 6 rings (SSSR count). The van der Waals surface area contributed by atoms with Crippen molar-refractivity contribution in [2.45, 2.75) is 19.4 Å². The molecule has 4 heterocycles. The van der Waals surface area contributed by atoms with Gasteiger partial charge in [-0.05, 0) is 25.0 Å². The maximum Gasteiger partial charge on any atom is 0.303 e. The number of anilines is 1. The van der Waals surface area contributed by atoms with E-state index in [-0.39, 0.29) is 56.1 Å². The number of piperazine rings is 1. The Bertz CT molecular complexity index is 1650. The summed E-state index contributed by atoms with van der Waals surface area (Å²) in [6.07, 6.45) is 3.80. The molecule has 208 valence electrons. The van der Waals surface area contributed by atoms with Crippen LogP contribution in [-0.2, 0) is 21.5 Å². The normalized spacial score (nSPS) is 16.3. The number of hydrogen-bond donors (Lipinski definition) is 1. The van der Waals surface area contributed by atoms with E-state index >= 15 is 0 Å². The zero-order valence-corrected chi connectivity index (χ0v) is 21.9. The molecule has 1 aliphatic carbocycles. The van der Waals surface area contributed by atoms with E-state index in [1.807, 2.05) is 0 Å². The van der Waals surface area contributed by atoms with Gasteiger partial charge in [-0.2, -0.15) is 17.8 Å². The molecule has 0 bridgehead atoms. The molecule has 0 atom stereocenters. The summed E-state index contributed by atoms with van der Waals surface area (Å²) in [5.74, 6) is -1.68. The summed E-state index contributed by atoms with van der Waals surface area (Å²) in [7, 11) is -3.98. The summed E-state index contributed by atoms with van der Waals surface area (Å²) in [4.78, 5) is 22.1. The van der Waals surface area contributed by atoms with Gasteiger partial charge in [0.25, 0.3) is 0 Å². The molecule has 1 saturated heterocycles. The lowest BCUT2D eigenvalue weighted by Gasteiger charge is -2.34. The van der Waals surface area contributed by atoms with Crippen molar-refractivity contribution in [1.82, 2.24) is 33.9 Å². The van der Waals surface area contributed by atoms with E-state index in [1.165, 1.54) is 21.3 Å². The van der Waals surface area contributed by atoms with Crippen molar-refractivity contribution in [2.75, 3.05) is 31.1 Å². The Labute approximate surface area is 227 Å². The third-order valence-corrected chi connectivity index (χ3v) is 8.27. The third-order valence-electron chi connectivity index (χ3n) is 6.77. The van der Waals surface area contributed by atoms with Crippen LogP contribution in [0.4, 0.5) is 14.6 Å². The van der Waals surface area contributed by atoms with Crippen molar-refractivity contribution >= 4 is 21.9 Å². The molecule has 1 aromatic carbocycles. The first-order valence-corrected chi connectivity index (χ1v) is 14.0. The first-order chi connectivity index (χ1) is 19.3. The van der Waals surface area contributed by atoms with Crippen LogP contribution in [0.2, 0.25) is 0 Å². The van der Waals surface area contributed by atoms with Crippen LogP contribution < -0.4 is 9.62 Å². The van der Waals surface area contributed by atoms with Gasteiger partial charge in [0, 0.05) is 43.7 Å². The van der Waals surface area contributed by atoms with E-state index in [4.69, 9.17) is 4.52 Å². The lowest BCUT2D eigenvalue weighted by Crippen LogP contribution is -2.53. The van der Waals surface area contributed by atoms with E-state index in [0.717, 1.165) is 6.20 Å². The summed E-state index contributed by atoms with van der Waals surface area (Å²) in [6, 6.07) is 9.61. The minimum atomic E-state index is -3.98. The first kappa shape index (κ1) is 26.0. The predicted molar refractivity (Wildman–Crippen MR) is 138 cm³/mol. The second-order valence-corrected chi connectivity index (χ2v) is 11.2. The van der Waals surface area contributed by atoms with Crippen LogP contribution in [0, 0.1) is 17.6 Å². The number of amides is 1. The third kappa shape index (κ3) is 5.29. The molecular formula is C25H24F2N8O4S. The second-order valence-electron chi connectivity index (χ2n) is 9.55. The molecule has 15 heteroatoms. The standard InChI is InChI=1S/C25H24F2N8O4S/c26-18-4-2-1-3-17(18)15-35-22(20-7-12-39-31-20)13-21(30-35)23-28-14-19(27)24(29-23)33-8-10-34(11-9-33)40(37,38)32-25(36)16-5-6-16/h1-4,7,12-14,16H,5-6,8-11,15H2,(H,32,36). The van der Waals surface area contributed by atoms with Crippen molar-refractivity contribution in [3.8, 4) is 22.9 Å². The number of carbonyl (C=O) groups is 1. The van der Waals surface area contributed by atoms with Gasteiger partial charge in [-0.1, -0.05) is 23.4 Å². The highest BCUT2D eigenvalue weighted by atomic mass is 32.2. The van der Waals surface area contributed by atoms with Gasteiger partial charge in [0.15, 0.2) is 17.5 Å². The molecule has 0 unspecified atom stereocenters. The number of carbonyl (C=O) groups excluding carboxylic acids is 1. The molecule has 40 heavy (non-hydrogen) atoms. The van der Waals surface area contributed by atoms with E-state index in [0.29, 0.717) is 35.5 Å². The number of aromatic nitrogens is 5. The Hall–Kier alpha value is -4.24. The molecule has 12 nitrogen and oxygen atoms in total. The van der Waals surface area contributed by atoms with Crippen molar-refractivity contribution in [2.24, 2.45) is 5.92 Å². The van der Waals surface area contributed by atoms with Gasteiger partial charge < -0.3 is 9.42 Å². The summed E-state index contributed by atoms with van der Waals surface area (Å²) < 4.78 is 64.2. The summed E-state index contributed by atoms with van der Waals surface area (Å²) in [5, 5.41) is 8.52. The van der Waals surface area contributed by atoms with Crippen molar-refractivity contribution in [1.29, 1.82) is 0 Å². The summed E-state index contributed by atoms with van der Waals surface area (Å²) in [5.41, 5.74) is 1.69. The number of rotatable bonds is 8. The van der Waals surface area contributed by atoms with Crippen molar-refractivity contribution in [3.63, 3.8) is 0 Å². The Morgan fingerprint density at radius 1 is 1.05 bits per heavy atom. The molecule has 1 N–H and O–H groups in total. The quantitative estimate of drug-likeness (QED) is 0.338. The average Bonchev–Trinajstić information content (AvgIpc) is 3.50. The van der Waals surface area contributed by atoms with Gasteiger partial charge >= 0.3 is 10.2 Å². The molecule has 0 spiro atoms. The molecule has 1 aliphatic heterocycles. The minimum Gasteiger partial charge on any atom is -0.364 e. The first-order valence-electron chi connectivity index (χ1n) is 12.6. The summed E-state index contributed by atoms with van der Waals surface area (Å²) >= 11 is 0. The molecule has 1 saturated carbocycles. The topological polar surface area (TPSA) is 139 Å². The SMILES string of the molecule is O=C(NS(=O)(=O)N1CCN(c2nc(-c3cc(-c4ccon4)n(Cc4ccccc4F)n3)ncc2F)CC1)C1CC1. The van der Waals surface area contributed by atoms with Crippen LogP contribution in [0.15, 0.2) is 53.4 Å². The lowest BCUT2D eigenvalue weighted by atomic mass is 10.2. The highest BCUT2D eigenvalue weighted by molar-refractivity contribution is 7.87. The highest BCUT2D eigenvalue weighted by Gasteiger charge is 2.35. The number of nitrogens with one attached hydrogen (secondary N) is 1. The van der Waals surface area contributed by atoms with E-state index in [9.17, 15) is 22.0 Å².